The normalized spacial score (nSPS) is 19.3. The standard InChI is InChI=1S/C23H24O7/c1-4-28-21(25)23(22(26)29-5-2)18(15-11-13-17(27-3)14-12-15)20(30-23)19(24)16-9-7-6-8-10-16/h6-14,18,20H,4-5H2,1-3H3/t18-,20+/m1/s1. The molecule has 0 N–H and O–H groups in total. The molecule has 1 heterocycles. The second-order valence-corrected chi connectivity index (χ2v) is 6.70. The van der Waals surface area contributed by atoms with Crippen LogP contribution in [0.2, 0.25) is 0 Å². The molecule has 1 saturated heterocycles. The summed E-state index contributed by atoms with van der Waals surface area (Å²) in [7, 11) is 1.53. The van der Waals surface area contributed by atoms with Crippen molar-refractivity contribution in [1.82, 2.24) is 0 Å². The Kier molecular flexibility index (Phi) is 6.52. The lowest BCUT2D eigenvalue weighted by Gasteiger charge is -2.49. The summed E-state index contributed by atoms with van der Waals surface area (Å²) in [6.07, 6.45) is -1.05. The van der Waals surface area contributed by atoms with Gasteiger partial charge in [-0.3, -0.25) is 4.79 Å². The van der Waals surface area contributed by atoms with Gasteiger partial charge in [0.25, 0.3) is 5.60 Å². The number of esters is 2. The van der Waals surface area contributed by atoms with Crippen LogP contribution in [0, 0.1) is 0 Å². The number of hydrogen-bond donors (Lipinski definition) is 0. The average molecular weight is 412 g/mol. The number of hydrogen-bond acceptors (Lipinski definition) is 7. The van der Waals surface area contributed by atoms with E-state index >= 15 is 0 Å². The highest BCUT2D eigenvalue weighted by molar-refractivity contribution is 6.10. The molecule has 3 rings (SSSR count). The molecule has 0 aromatic heterocycles. The summed E-state index contributed by atoms with van der Waals surface area (Å²) in [6, 6.07) is 15.4. The van der Waals surface area contributed by atoms with Crippen molar-refractivity contribution in [3.05, 3.63) is 65.7 Å². The second-order valence-electron chi connectivity index (χ2n) is 6.70. The van der Waals surface area contributed by atoms with Gasteiger partial charge in [0.05, 0.1) is 26.2 Å². The Balaban J connectivity index is 2.07. The second kappa shape index (κ2) is 9.09. The fourth-order valence-electron chi connectivity index (χ4n) is 3.58. The summed E-state index contributed by atoms with van der Waals surface area (Å²) < 4.78 is 21.2. The highest BCUT2D eigenvalue weighted by Gasteiger charge is 2.70. The summed E-state index contributed by atoms with van der Waals surface area (Å²) in [4.78, 5) is 38.9. The zero-order valence-electron chi connectivity index (χ0n) is 17.1. The Hall–Kier alpha value is -3.19. The molecule has 0 aliphatic carbocycles. The van der Waals surface area contributed by atoms with Crippen molar-refractivity contribution in [2.75, 3.05) is 20.3 Å². The van der Waals surface area contributed by atoms with Crippen LogP contribution in [0.1, 0.15) is 35.7 Å². The van der Waals surface area contributed by atoms with E-state index < -0.39 is 29.6 Å². The third-order valence-electron chi connectivity index (χ3n) is 5.00. The first-order valence-electron chi connectivity index (χ1n) is 9.75. The quantitative estimate of drug-likeness (QED) is 0.374. The van der Waals surface area contributed by atoms with E-state index in [0.717, 1.165) is 0 Å². The van der Waals surface area contributed by atoms with Gasteiger partial charge in [0.15, 0.2) is 5.78 Å². The number of ketones is 1. The van der Waals surface area contributed by atoms with E-state index in [1.54, 1.807) is 68.4 Å². The van der Waals surface area contributed by atoms with Gasteiger partial charge in [0.1, 0.15) is 11.9 Å². The van der Waals surface area contributed by atoms with Crippen LogP contribution in [-0.2, 0) is 23.8 Å². The molecule has 158 valence electrons. The van der Waals surface area contributed by atoms with E-state index in [-0.39, 0.29) is 19.0 Å². The SMILES string of the molecule is CCOC(=O)C1(C(=O)OCC)O[C@H](C(=O)c2ccccc2)[C@H]1c1ccc(OC)cc1. The molecule has 0 spiro atoms. The fourth-order valence-corrected chi connectivity index (χ4v) is 3.58. The Morgan fingerprint density at radius 3 is 1.97 bits per heavy atom. The number of benzene rings is 2. The van der Waals surface area contributed by atoms with Crippen LogP contribution in [0.15, 0.2) is 54.6 Å². The number of ether oxygens (including phenoxy) is 4. The highest BCUT2D eigenvalue weighted by Crippen LogP contribution is 2.49. The van der Waals surface area contributed by atoms with Crippen LogP contribution in [-0.4, -0.2) is 49.8 Å². The average Bonchev–Trinajstić information content (AvgIpc) is 2.75. The first-order chi connectivity index (χ1) is 14.5. The molecule has 0 unspecified atom stereocenters. The first kappa shape index (κ1) is 21.5. The summed E-state index contributed by atoms with van der Waals surface area (Å²) >= 11 is 0. The van der Waals surface area contributed by atoms with Crippen molar-refractivity contribution in [2.45, 2.75) is 31.5 Å². The first-order valence-corrected chi connectivity index (χ1v) is 9.75. The topological polar surface area (TPSA) is 88.1 Å². The van der Waals surface area contributed by atoms with Crippen LogP contribution in [0.25, 0.3) is 0 Å². The minimum atomic E-state index is -2.05. The van der Waals surface area contributed by atoms with E-state index in [2.05, 4.69) is 0 Å². The molecule has 2 atom stereocenters. The molecule has 0 bridgehead atoms. The maximum absolute atomic E-state index is 13.1. The summed E-state index contributed by atoms with van der Waals surface area (Å²) in [5, 5.41) is 0. The molecule has 0 saturated carbocycles. The number of methoxy groups -OCH3 is 1. The number of carbonyl (C=O) groups is 3. The summed E-state index contributed by atoms with van der Waals surface area (Å²) in [6.45, 7) is 3.36. The molecular formula is C23H24O7. The fraction of sp³-hybridized carbons (Fsp3) is 0.348. The van der Waals surface area contributed by atoms with Crippen LogP contribution in [0.5, 0.6) is 5.75 Å². The summed E-state index contributed by atoms with van der Waals surface area (Å²) in [5.74, 6) is -2.39. The largest absolute Gasteiger partial charge is 0.497 e. The Morgan fingerprint density at radius 1 is 0.900 bits per heavy atom. The molecule has 2 aromatic rings. The van der Waals surface area contributed by atoms with Gasteiger partial charge in [0, 0.05) is 5.56 Å². The third kappa shape index (κ3) is 3.68. The molecule has 0 radical (unpaired) electrons. The lowest BCUT2D eigenvalue weighted by molar-refractivity contribution is -0.236. The van der Waals surface area contributed by atoms with Crippen molar-refractivity contribution in [3.63, 3.8) is 0 Å². The highest BCUT2D eigenvalue weighted by atomic mass is 16.6. The zero-order chi connectivity index (χ0) is 21.7. The maximum atomic E-state index is 13.1. The Labute approximate surface area is 174 Å². The molecule has 1 fully saturated rings. The van der Waals surface area contributed by atoms with Gasteiger partial charge in [0.2, 0.25) is 0 Å². The van der Waals surface area contributed by atoms with Crippen molar-refractivity contribution in [3.8, 4) is 5.75 Å². The molecule has 30 heavy (non-hydrogen) atoms. The van der Waals surface area contributed by atoms with Gasteiger partial charge in [-0.1, -0.05) is 42.5 Å². The molecular weight excluding hydrogens is 388 g/mol. The number of rotatable bonds is 8. The van der Waals surface area contributed by atoms with Gasteiger partial charge in [-0.15, -0.1) is 0 Å². The predicted molar refractivity (Wildman–Crippen MR) is 107 cm³/mol. The predicted octanol–water partition coefficient (Wildman–Crippen LogP) is 2.93. The van der Waals surface area contributed by atoms with E-state index in [9.17, 15) is 14.4 Å². The monoisotopic (exact) mass is 412 g/mol. The van der Waals surface area contributed by atoms with E-state index in [4.69, 9.17) is 18.9 Å². The number of Topliss-reactive ketones (excluding diaryl/α,β-unsaturated/α-hetero) is 1. The lowest BCUT2D eigenvalue weighted by atomic mass is 9.70. The van der Waals surface area contributed by atoms with Crippen molar-refractivity contribution >= 4 is 17.7 Å². The number of carbonyl (C=O) groups excluding carboxylic acids is 3. The minimum absolute atomic E-state index is 0.0516. The van der Waals surface area contributed by atoms with Crippen LogP contribution in [0.3, 0.4) is 0 Å². The van der Waals surface area contributed by atoms with Gasteiger partial charge in [-0.25, -0.2) is 9.59 Å². The summed E-state index contributed by atoms with van der Waals surface area (Å²) in [5.41, 5.74) is -1.06. The minimum Gasteiger partial charge on any atom is -0.497 e. The van der Waals surface area contributed by atoms with Crippen LogP contribution >= 0.6 is 0 Å². The van der Waals surface area contributed by atoms with Crippen molar-refractivity contribution in [2.24, 2.45) is 0 Å². The smallest absolute Gasteiger partial charge is 0.351 e. The van der Waals surface area contributed by atoms with Crippen LogP contribution in [0.4, 0.5) is 0 Å². The molecule has 0 amide bonds. The molecule has 7 heteroatoms. The molecule has 7 nitrogen and oxygen atoms in total. The van der Waals surface area contributed by atoms with Crippen molar-refractivity contribution in [1.29, 1.82) is 0 Å². The maximum Gasteiger partial charge on any atom is 0.351 e. The molecule has 1 aliphatic heterocycles. The molecule has 2 aromatic carbocycles. The van der Waals surface area contributed by atoms with Gasteiger partial charge in [-0.05, 0) is 31.5 Å². The molecule has 1 aliphatic rings. The van der Waals surface area contributed by atoms with Gasteiger partial charge >= 0.3 is 11.9 Å². The third-order valence-corrected chi connectivity index (χ3v) is 5.00. The van der Waals surface area contributed by atoms with E-state index in [1.165, 1.54) is 7.11 Å². The van der Waals surface area contributed by atoms with Crippen molar-refractivity contribution < 1.29 is 33.3 Å². The van der Waals surface area contributed by atoms with Crippen LogP contribution < -0.4 is 4.74 Å². The van der Waals surface area contributed by atoms with Gasteiger partial charge < -0.3 is 18.9 Å². The Morgan fingerprint density at radius 2 is 1.47 bits per heavy atom. The van der Waals surface area contributed by atoms with Gasteiger partial charge in [-0.2, -0.15) is 0 Å². The zero-order valence-corrected chi connectivity index (χ0v) is 17.1. The van der Waals surface area contributed by atoms with E-state index in [1.807, 2.05) is 0 Å². The lowest BCUT2D eigenvalue weighted by Crippen LogP contribution is -2.70. The Bertz CT molecular complexity index is 887. The van der Waals surface area contributed by atoms with E-state index in [0.29, 0.717) is 16.9 Å².